The second-order valence-electron chi connectivity index (χ2n) is 13.7. The third-order valence-electron chi connectivity index (χ3n) is 9.88. The number of fused-ring (bicyclic) bond motifs is 3. The molecule has 11 nitrogen and oxygen atoms in total. The third-order valence-corrected chi connectivity index (χ3v) is 9.88. The molecule has 2 bridgehead atoms. The number of aromatic nitrogens is 4. The molecule has 6 heterocycles. The third kappa shape index (κ3) is 6.47. The normalized spacial score (nSPS) is 20.4. The van der Waals surface area contributed by atoms with Crippen LogP contribution in [0.25, 0.3) is 33.6 Å². The minimum absolute atomic E-state index is 0.00209. The Labute approximate surface area is 277 Å². The number of methoxy groups -OCH3 is 1. The van der Waals surface area contributed by atoms with E-state index in [0.717, 1.165) is 122 Å². The van der Waals surface area contributed by atoms with Crippen LogP contribution in [0.1, 0.15) is 80.5 Å². The van der Waals surface area contributed by atoms with E-state index in [4.69, 9.17) is 19.4 Å². The number of amides is 2. The summed E-state index contributed by atoms with van der Waals surface area (Å²) in [5.41, 5.74) is 5.56. The summed E-state index contributed by atoms with van der Waals surface area (Å²) in [6.07, 6.45) is 5.79. The topological polar surface area (TPSA) is 116 Å². The quantitative estimate of drug-likeness (QED) is 0.316. The van der Waals surface area contributed by atoms with Gasteiger partial charge in [-0.15, -0.1) is 0 Å². The zero-order valence-corrected chi connectivity index (χ0v) is 28.7. The van der Waals surface area contributed by atoms with Gasteiger partial charge in [-0.3, -0.25) is 9.59 Å². The lowest BCUT2D eigenvalue weighted by atomic mass is 9.85. The highest BCUT2D eigenvalue weighted by molar-refractivity contribution is 6.03. The van der Waals surface area contributed by atoms with Crippen molar-refractivity contribution >= 4 is 33.9 Å². The Morgan fingerprint density at radius 2 is 1.77 bits per heavy atom. The van der Waals surface area contributed by atoms with Crippen molar-refractivity contribution in [3.8, 4) is 17.3 Å². The van der Waals surface area contributed by atoms with Gasteiger partial charge in [0.25, 0.3) is 5.91 Å². The SMILES string of the molecule is C1COCCN1.COc1c2c(cc3nc(-c4cc5ccc6nc5n4CCCCCCC(C)(C)C(=O)NC6C)n(C)c13)C(=O)N(C)CC2. The zero-order chi connectivity index (χ0) is 33.3. The van der Waals surface area contributed by atoms with Crippen LogP contribution in [0.15, 0.2) is 24.3 Å². The summed E-state index contributed by atoms with van der Waals surface area (Å²) in [6.45, 7) is 11.4. The van der Waals surface area contributed by atoms with Crippen LogP contribution >= 0.6 is 0 Å². The molecule has 2 amide bonds. The van der Waals surface area contributed by atoms with Crippen LogP contribution < -0.4 is 15.4 Å². The maximum atomic E-state index is 13.1. The summed E-state index contributed by atoms with van der Waals surface area (Å²) in [6, 6.07) is 7.97. The Hall–Kier alpha value is -3.96. The van der Waals surface area contributed by atoms with E-state index < -0.39 is 5.41 Å². The average Bonchev–Trinajstić information content (AvgIpc) is 3.60. The molecular weight excluding hydrogens is 594 g/mol. The second-order valence-corrected chi connectivity index (χ2v) is 13.7. The Morgan fingerprint density at radius 1 is 1.00 bits per heavy atom. The summed E-state index contributed by atoms with van der Waals surface area (Å²) < 4.78 is 15.3. The molecule has 252 valence electrons. The fraction of sp³-hybridized carbons (Fsp3) is 0.556. The second kappa shape index (κ2) is 13.6. The van der Waals surface area contributed by atoms with Crippen molar-refractivity contribution < 1.29 is 19.1 Å². The molecule has 1 aromatic carbocycles. The molecule has 0 aliphatic carbocycles. The van der Waals surface area contributed by atoms with Crippen LogP contribution in [0.4, 0.5) is 0 Å². The monoisotopic (exact) mass is 643 g/mol. The Balaban J connectivity index is 0.000000580. The standard InChI is InChI=1S/C32H40N6O3.C4H9NO/c1-19-23-12-11-20-17-25(38(28(20)34-23)15-10-8-7-9-14-32(2,3)31(40)33-19)29-35-24-18-22-21(13-16-36(4)30(22)39)27(41-6)26(24)37(29)5;1-3-6-4-2-5-1/h11-12,17-19H,7-10,13-16H2,1-6H3,(H,33,40);5H,1-4H2. The lowest BCUT2D eigenvalue weighted by molar-refractivity contribution is -0.130. The molecule has 47 heavy (non-hydrogen) atoms. The van der Waals surface area contributed by atoms with Gasteiger partial charge in [-0.2, -0.15) is 0 Å². The van der Waals surface area contributed by atoms with Gasteiger partial charge in [0.1, 0.15) is 16.9 Å². The van der Waals surface area contributed by atoms with Gasteiger partial charge in [0, 0.05) is 62.2 Å². The highest BCUT2D eigenvalue weighted by Gasteiger charge is 2.31. The van der Waals surface area contributed by atoms with Gasteiger partial charge in [0.15, 0.2) is 5.82 Å². The van der Waals surface area contributed by atoms with E-state index in [2.05, 4.69) is 31.9 Å². The number of morpholine rings is 1. The molecule has 3 aliphatic rings. The van der Waals surface area contributed by atoms with Gasteiger partial charge in [0.2, 0.25) is 5.91 Å². The van der Waals surface area contributed by atoms with Gasteiger partial charge in [-0.05, 0) is 50.5 Å². The molecule has 2 N–H and O–H groups in total. The molecule has 7 rings (SSSR count). The number of imidazole rings is 1. The summed E-state index contributed by atoms with van der Waals surface area (Å²) in [5.74, 6) is 1.61. The molecule has 0 saturated carbocycles. The molecule has 3 aromatic heterocycles. The highest BCUT2D eigenvalue weighted by Crippen LogP contribution is 2.39. The minimum atomic E-state index is -0.406. The average molecular weight is 644 g/mol. The summed E-state index contributed by atoms with van der Waals surface area (Å²) in [5, 5.41) is 7.40. The molecule has 3 aliphatic heterocycles. The van der Waals surface area contributed by atoms with Crippen LogP contribution in [0.2, 0.25) is 0 Å². The van der Waals surface area contributed by atoms with Crippen LogP contribution in [0, 0.1) is 5.41 Å². The number of pyridine rings is 1. The number of ether oxygens (including phenoxy) is 2. The van der Waals surface area contributed by atoms with E-state index in [1.165, 1.54) is 0 Å². The lowest BCUT2D eigenvalue weighted by Crippen LogP contribution is -2.38. The maximum absolute atomic E-state index is 13.1. The Kier molecular flexibility index (Phi) is 9.57. The number of nitrogens with zero attached hydrogens (tertiary/aromatic N) is 5. The Bertz CT molecular complexity index is 1770. The maximum Gasteiger partial charge on any atom is 0.254 e. The minimum Gasteiger partial charge on any atom is -0.494 e. The number of hydrogen-bond acceptors (Lipinski definition) is 7. The Morgan fingerprint density at radius 3 is 2.47 bits per heavy atom. The number of carbonyl (C=O) groups excluding carboxylic acids is 2. The van der Waals surface area contributed by atoms with Gasteiger partial charge in [-0.1, -0.05) is 33.1 Å². The van der Waals surface area contributed by atoms with E-state index in [-0.39, 0.29) is 17.9 Å². The van der Waals surface area contributed by atoms with Crippen LogP contribution in [-0.4, -0.2) is 82.8 Å². The highest BCUT2D eigenvalue weighted by atomic mass is 16.5. The van der Waals surface area contributed by atoms with Gasteiger partial charge < -0.3 is 34.1 Å². The number of nitrogens with one attached hydrogen (secondary N) is 2. The first kappa shape index (κ1) is 33.0. The smallest absolute Gasteiger partial charge is 0.254 e. The molecule has 1 atom stereocenters. The van der Waals surface area contributed by atoms with Crippen LogP contribution in [0.5, 0.6) is 5.75 Å². The molecular formula is C36H49N7O4. The lowest BCUT2D eigenvalue weighted by Gasteiger charge is -2.26. The molecule has 11 heteroatoms. The summed E-state index contributed by atoms with van der Waals surface area (Å²) in [7, 11) is 5.52. The number of likely N-dealkylation sites (N-methyl/N-ethyl adjacent to an activating group) is 1. The predicted molar refractivity (Wildman–Crippen MR) is 184 cm³/mol. The number of rotatable bonds is 2. The van der Waals surface area contributed by atoms with Crippen molar-refractivity contribution in [2.45, 2.75) is 71.9 Å². The van der Waals surface area contributed by atoms with Crippen LogP contribution in [0.3, 0.4) is 0 Å². The summed E-state index contributed by atoms with van der Waals surface area (Å²) in [4.78, 5) is 38.0. The molecule has 0 radical (unpaired) electrons. The molecule has 1 saturated heterocycles. The van der Waals surface area contributed by atoms with Crippen molar-refractivity contribution in [1.29, 1.82) is 0 Å². The first-order valence-electron chi connectivity index (χ1n) is 17.0. The number of carbonyl (C=O) groups is 2. The van der Waals surface area contributed by atoms with E-state index in [1.807, 2.05) is 47.0 Å². The summed E-state index contributed by atoms with van der Waals surface area (Å²) >= 11 is 0. The van der Waals surface area contributed by atoms with Crippen molar-refractivity contribution in [3.05, 3.63) is 41.1 Å². The van der Waals surface area contributed by atoms with E-state index in [1.54, 1.807) is 12.0 Å². The van der Waals surface area contributed by atoms with E-state index in [0.29, 0.717) is 12.1 Å². The number of aryl methyl sites for hydroxylation is 2. The number of hydrogen-bond donors (Lipinski definition) is 2. The van der Waals surface area contributed by atoms with Crippen LogP contribution in [-0.2, 0) is 29.5 Å². The van der Waals surface area contributed by atoms with Crippen molar-refractivity contribution in [2.24, 2.45) is 12.5 Å². The van der Waals surface area contributed by atoms with Crippen molar-refractivity contribution in [3.63, 3.8) is 0 Å². The van der Waals surface area contributed by atoms with E-state index in [9.17, 15) is 9.59 Å². The van der Waals surface area contributed by atoms with Gasteiger partial charge in [-0.25, -0.2) is 9.97 Å². The molecule has 4 aromatic rings. The first-order valence-corrected chi connectivity index (χ1v) is 17.0. The zero-order valence-electron chi connectivity index (χ0n) is 28.7. The molecule has 1 unspecified atom stereocenters. The van der Waals surface area contributed by atoms with Gasteiger partial charge >= 0.3 is 0 Å². The fourth-order valence-corrected chi connectivity index (χ4v) is 6.93. The predicted octanol–water partition coefficient (Wildman–Crippen LogP) is 5.00. The van der Waals surface area contributed by atoms with Crippen molar-refractivity contribution in [2.75, 3.05) is 47.0 Å². The first-order chi connectivity index (χ1) is 22.6. The fourth-order valence-electron chi connectivity index (χ4n) is 6.93. The molecule has 1 fully saturated rings. The number of benzene rings is 1. The van der Waals surface area contributed by atoms with E-state index >= 15 is 0 Å². The largest absolute Gasteiger partial charge is 0.494 e. The molecule has 0 spiro atoms. The van der Waals surface area contributed by atoms with Gasteiger partial charge in [0.05, 0.1) is 43.3 Å². The van der Waals surface area contributed by atoms with Crippen molar-refractivity contribution in [1.82, 2.24) is 34.6 Å².